The molecule has 0 bridgehead atoms. The molecule has 1 N–H and O–H groups in total. The van der Waals surface area contributed by atoms with Crippen LogP contribution in [0.1, 0.15) is 19.8 Å². The number of hydrogen-bond donors (Lipinski definition) is 1. The van der Waals surface area contributed by atoms with Gasteiger partial charge in [-0.25, -0.2) is 0 Å². The second-order valence-electron chi connectivity index (χ2n) is 5.49. The predicted molar refractivity (Wildman–Crippen MR) is 91.7 cm³/mol. The average molecular weight is 327 g/mol. The van der Waals surface area contributed by atoms with Crippen molar-refractivity contribution in [3.63, 3.8) is 0 Å². The van der Waals surface area contributed by atoms with Crippen LogP contribution in [-0.4, -0.2) is 25.2 Å². The number of hydrogen-bond acceptors (Lipinski definition) is 4. The Kier molecular flexibility index (Phi) is 5.33. The van der Waals surface area contributed by atoms with E-state index < -0.39 is 0 Å². The van der Waals surface area contributed by atoms with Crippen LogP contribution in [0.3, 0.4) is 0 Å². The van der Waals surface area contributed by atoms with Gasteiger partial charge in [0.15, 0.2) is 5.75 Å². The number of rotatable bonds is 6. The van der Waals surface area contributed by atoms with Crippen LogP contribution in [0.25, 0.3) is 0 Å². The summed E-state index contributed by atoms with van der Waals surface area (Å²) in [5, 5.41) is 2.89. The van der Waals surface area contributed by atoms with Crippen LogP contribution in [0.5, 0.6) is 17.2 Å². The molecule has 0 saturated carbocycles. The van der Waals surface area contributed by atoms with Gasteiger partial charge in [0, 0.05) is 6.61 Å². The van der Waals surface area contributed by atoms with Crippen LogP contribution in [0.15, 0.2) is 48.5 Å². The van der Waals surface area contributed by atoms with E-state index >= 15 is 0 Å². The third kappa shape index (κ3) is 4.06. The number of carbonyl (C=O) groups excluding carboxylic acids is 1. The quantitative estimate of drug-likeness (QED) is 0.871. The van der Waals surface area contributed by atoms with Gasteiger partial charge >= 0.3 is 0 Å². The van der Waals surface area contributed by atoms with Gasteiger partial charge in [0.05, 0.1) is 12.3 Å². The Labute approximate surface area is 141 Å². The topological polar surface area (TPSA) is 56.8 Å². The SMILES string of the molecule is CCOc1ccc(Oc2ccccc2NC(=O)C2CCCO2)cc1. The highest BCUT2D eigenvalue weighted by molar-refractivity contribution is 5.95. The maximum Gasteiger partial charge on any atom is 0.253 e. The van der Waals surface area contributed by atoms with Crippen LogP contribution in [0, 0.1) is 0 Å². The molecule has 2 aromatic carbocycles. The molecule has 24 heavy (non-hydrogen) atoms. The van der Waals surface area contributed by atoms with Gasteiger partial charge < -0.3 is 19.5 Å². The van der Waals surface area contributed by atoms with E-state index in [-0.39, 0.29) is 12.0 Å². The summed E-state index contributed by atoms with van der Waals surface area (Å²) < 4.78 is 16.7. The first kappa shape index (κ1) is 16.3. The van der Waals surface area contributed by atoms with Gasteiger partial charge in [-0.2, -0.15) is 0 Å². The fraction of sp³-hybridized carbons (Fsp3) is 0.316. The largest absolute Gasteiger partial charge is 0.494 e. The van der Waals surface area contributed by atoms with E-state index in [1.165, 1.54) is 0 Å². The number of amides is 1. The number of anilines is 1. The minimum Gasteiger partial charge on any atom is -0.494 e. The fourth-order valence-corrected chi connectivity index (χ4v) is 2.55. The van der Waals surface area contributed by atoms with Gasteiger partial charge in [-0.05, 0) is 56.2 Å². The highest BCUT2D eigenvalue weighted by atomic mass is 16.5. The van der Waals surface area contributed by atoms with E-state index in [1.54, 1.807) is 0 Å². The summed E-state index contributed by atoms with van der Waals surface area (Å²) in [4.78, 5) is 12.2. The molecule has 1 aliphatic rings. The molecular weight excluding hydrogens is 306 g/mol. The van der Waals surface area contributed by atoms with Crippen molar-refractivity contribution in [2.75, 3.05) is 18.5 Å². The van der Waals surface area contributed by atoms with E-state index in [1.807, 2.05) is 55.5 Å². The molecule has 1 amide bonds. The van der Waals surface area contributed by atoms with Crippen molar-refractivity contribution in [1.29, 1.82) is 0 Å². The molecule has 0 aliphatic carbocycles. The second-order valence-corrected chi connectivity index (χ2v) is 5.49. The van der Waals surface area contributed by atoms with Crippen molar-refractivity contribution in [3.05, 3.63) is 48.5 Å². The molecule has 5 heteroatoms. The van der Waals surface area contributed by atoms with Crippen LogP contribution in [0.2, 0.25) is 0 Å². The van der Waals surface area contributed by atoms with Gasteiger partial charge in [-0.1, -0.05) is 12.1 Å². The Bertz CT molecular complexity index is 678. The molecule has 2 aromatic rings. The van der Waals surface area contributed by atoms with Crippen LogP contribution < -0.4 is 14.8 Å². The maximum absolute atomic E-state index is 12.2. The zero-order valence-corrected chi connectivity index (χ0v) is 13.7. The molecule has 1 heterocycles. The number of carbonyl (C=O) groups is 1. The number of para-hydroxylation sites is 2. The molecule has 1 atom stereocenters. The van der Waals surface area contributed by atoms with Gasteiger partial charge in [0.1, 0.15) is 17.6 Å². The van der Waals surface area contributed by atoms with Crippen molar-refractivity contribution < 1.29 is 19.0 Å². The van der Waals surface area contributed by atoms with Crippen molar-refractivity contribution in [2.45, 2.75) is 25.9 Å². The molecular formula is C19H21NO4. The third-order valence-electron chi connectivity index (χ3n) is 3.73. The van der Waals surface area contributed by atoms with Crippen molar-refractivity contribution in [1.82, 2.24) is 0 Å². The Hall–Kier alpha value is -2.53. The summed E-state index contributed by atoms with van der Waals surface area (Å²) in [6.07, 6.45) is 1.31. The van der Waals surface area contributed by atoms with Gasteiger partial charge in [-0.15, -0.1) is 0 Å². The smallest absolute Gasteiger partial charge is 0.253 e. The highest BCUT2D eigenvalue weighted by Crippen LogP contribution is 2.30. The summed E-state index contributed by atoms with van der Waals surface area (Å²) in [6, 6.07) is 14.7. The minimum atomic E-state index is -0.372. The zero-order chi connectivity index (χ0) is 16.8. The van der Waals surface area contributed by atoms with Crippen LogP contribution in [0.4, 0.5) is 5.69 Å². The first-order chi connectivity index (χ1) is 11.8. The fourth-order valence-electron chi connectivity index (χ4n) is 2.55. The molecule has 3 rings (SSSR count). The lowest BCUT2D eigenvalue weighted by Gasteiger charge is -2.14. The van der Waals surface area contributed by atoms with E-state index in [0.29, 0.717) is 30.4 Å². The third-order valence-corrected chi connectivity index (χ3v) is 3.73. The van der Waals surface area contributed by atoms with E-state index in [9.17, 15) is 4.79 Å². The lowest BCUT2D eigenvalue weighted by molar-refractivity contribution is -0.124. The van der Waals surface area contributed by atoms with Crippen LogP contribution in [-0.2, 0) is 9.53 Å². The van der Waals surface area contributed by atoms with E-state index in [4.69, 9.17) is 14.2 Å². The minimum absolute atomic E-state index is 0.129. The average Bonchev–Trinajstić information content (AvgIpc) is 3.13. The van der Waals surface area contributed by atoms with Crippen LogP contribution >= 0.6 is 0 Å². The Balaban J connectivity index is 1.70. The maximum atomic E-state index is 12.2. The first-order valence-corrected chi connectivity index (χ1v) is 8.18. The predicted octanol–water partition coefficient (Wildman–Crippen LogP) is 4.00. The molecule has 0 radical (unpaired) electrons. The molecule has 0 aromatic heterocycles. The van der Waals surface area contributed by atoms with Crippen molar-refractivity contribution in [3.8, 4) is 17.2 Å². The highest BCUT2D eigenvalue weighted by Gasteiger charge is 2.24. The summed E-state index contributed by atoms with van der Waals surface area (Å²) >= 11 is 0. The zero-order valence-electron chi connectivity index (χ0n) is 13.7. The molecule has 0 spiro atoms. The molecule has 1 aliphatic heterocycles. The first-order valence-electron chi connectivity index (χ1n) is 8.18. The van der Waals surface area contributed by atoms with Crippen molar-refractivity contribution in [2.24, 2.45) is 0 Å². The second kappa shape index (κ2) is 7.84. The van der Waals surface area contributed by atoms with Crippen molar-refractivity contribution >= 4 is 11.6 Å². The Morgan fingerprint density at radius 1 is 1.17 bits per heavy atom. The Morgan fingerprint density at radius 2 is 1.92 bits per heavy atom. The lowest BCUT2D eigenvalue weighted by Crippen LogP contribution is -2.26. The molecule has 5 nitrogen and oxygen atoms in total. The summed E-state index contributed by atoms with van der Waals surface area (Å²) in [5.41, 5.74) is 0.631. The monoisotopic (exact) mass is 327 g/mol. The molecule has 1 unspecified atom stereocenters. The Morgan fingerprint density at radius 3 is 2.62 bits per heavy atom. The summed E-state index contributed by atoms with van der Waals surface area (Å²) in [7, 11) is 0. The number of nitrogens with one attached hydrogen (secondary N) is 1. The number of benzene rings is 2. The molecule has 126 valence electrons. The van der Waals surface area contributed by atoms with E-state index in [2.05, 4.69) is 5.32 Å². The molecule has 1 saturated heterocycles. The summed E-state index contributed by atoms with van der Waals surface area (Å²) in [6.45, 7) is 3.21. The standard InChI is InChI=1S/C19H21NO4/c1-2-22-14-9-11-15(12-10-14)24-17-7-4-3-6-16(17)20-19(21)18-8-5-13-23-18/h3-4,6-7,9-12,18H,2,5,8,13H2,1H3,(H,20,21). The van der Waals surface area contributed by atoms with Gasteiger partial charge in [0.25, 0.3) is 5.91 Å². The van der Waals surface area contributed by atoms with Gasteiger partial charge in [-0.3, -0.25) is 4.79 Å². The number of ether oxygens (including phenoxy) is 3. The lowest BCUT2D eigenvalue weighted by atomic mass is 10.2. The molecule has 1 fully saturated rings. The summed E-state index contributed by atoms with van der Waals surface area (Å²) in [5.74, 6) is 1.94. The van der Waals surface area contributed by atoms with Gasteiger partial charge in [0.2, 0.25) is 0 Å². The normalized spacial score (nSPS) is 16.6. The van der Waals surface area contributed by atoms with E-state index in [0.717, 1.165) is 18.6 Å².